The molecule has 9 heteroatoms. The van der Waals surface area contributed by atoms with Gasteiger partial charge in [0.25, 0.3) is 0 Å². The van der Waals surface area contributed by atoms with Crippen LogP contribution in [0, 0.1) is 11.8 Å². The minimum absolute atomic E-state index is 0.0908. The molecular formula is C27H34AsN5O3. The number of hydrogen-bond acceptors (Lipinski definition) is 6. The fourth-order valence-electron chi connectivity index (χ4n) is 3.34. The van der Waals surface area contributed by atoms with Gasteiger partial charge in [-0.3, -0.25) is 0 Å². The first-order chi connectivity index (χ1) is 17.1. The van der Waals surface area contributed by atoms with Gasteiger partial charge < -0.3 is 16.4 Å². The van der Waals surface area contributed by atoms with Crippen molar-refractivity contribution in [2.45, 2.75) is 46.0 Å². The molecule has 0 radical (unpaired) electrons. The molecule has 2 unspecified atom stereocenters. The molecule has 2 aromatic carbocycles. The number of anilines is 4. The molecule has 3 aromatic rings. The van der Waals surface area contributed by atoms with Gasteiger partial charge in [0.05, 0.1) is 0 Å². The fourth-order valence-corrected chi connectivity index (χ4v) is 4.47. The van der Waals surface area contributed by atoms with Crippen LogP contribution in [-0.4, -0.2) is 32.3 Å². The van der Waals surface area contributed by atoms with Gasteiger partial charge in [0.1, 0.15) is 18.0 Å². The zero-order valence-corrected chi connectivity index (χ0v) is 22.9. The molecule has 36 heavy (non-hydrogen) atoms. The Hall–Kier alpha value is -3.50. The van der Waals surface area contributed by atoms with Crippen molar-refractivity contribution in [3.8, 4) is 11.8 Å². The third-order valence-corrected chi connectivity index (χ3v) is 7.53. The van der Waals surface area contributed by atoms with E-state index in [2.05, 4.69) is 52.9 Å². The number of aromatic nitrogens is 2. The number of nitrogens with one attached hydrogen (secondary N) is 2. The Balaban J connectivity index is 0.000000269. The summed E-state index contributed by atoms with van der Waals surface area (Å²) in [7, 11) is 0. The van der Waals surface area contributed by atoms with Crippen molar-refractivity contribution >= 4 is 41.5 Å². The van der Waals surface area contributed by atoms with Crippen LogP contribution in [-0.2, 0) is 3.74 Å². The number of benzene rings is 2. The fraction of sp³-hybridized carbons (Fsp3) is 0.259. The first-order valence-corrected chi connectivity index (χ1v) is 14.9. The molecule has 0 aliphatic heterocycles. The molecule has 3 rings (SSSR count). The van der Waals surface area contributed by atoms with Crippen molar-refractivity contribution < 1.29 is 11.9 Å². The molecular weight excluding hydrogens is 517 g/mol. The monoisotopic (exact) mass is 551 g/mol. The third kappa shape index (κ3) is 8.31. The molecule has 0 aliphatic rings. The van der Waals surface area contributed by atoms with Crippen LogP contribution >= 0.6 is 0 Å². The van der Waals surface area contributed by atoms with Gasteiger partial charge in [-0.05, 0) is 42.8 Å². The number of nitrogens with two attached hydrogens (primary N) is 1. The molecule has 0 saturated carbocycles. The Morgan fingerprint density at radius 1 is 1.08 bits per heavy atom. The molecule has 8 nitrogen and oxygen atoms in total. The summed E-state index contributed by atoms with van der Waals surface area (Å²) in [5, 5.41) is 6.41. The van der Waals surface area contributed by atoms with Crippen LogP contribution in [0.4, 0.5) is 23.0 Å². The van der Waals surface area contributed by atoms with E-state index in [4.69, 9.17) is 13.9 Å². The van der Waals surface area contributed by atoms with Gasteiger partial charge in [-0.15, -0.1) is 0 Å². The summed E-state index contributed by atoms with van der Waals surface area (Å²) in [6.07, 6.45) is 4.16. The number of hydrogen-bond donors (Lipinski definition) is 5. The van der Waals surface area contributed by atoms with Gasteiger partial charge in [-0.1, -0.05) is 20.4 Å². The Morgan fingerprint density at radius 3 is 2.22 bits per heavy atom. The summed E-state index contributed by atoms with van der Waals surface area (Å²) < 4.78 is 29.0. The standard InChI is InChI=1S/C16H21N5.C11H13AsO3/c1-4-11(3)14-15(18-5-2)19-10-20-16(14)21-13-8-6-12(17)7-9-13;1-3-4-9(2)10-5-7-11(8-6-10)12(13,14)15/h5-11H,2,4,17H2,1,3H3,(H2,18,19,20,21);5-9H,1-2H3,(H2,13,14,15). The van der Waals surface area contributed by atoms with E-state index < -0.39 is 14.2 Å². The summed E-state index contributed by atoms with van der Waals surface area (Å²) >= 11 is -4.72. The molecule has 0 saturated heterocycles. The molecule has 190 valence electrons. The van der Waals surface area contributed by atoms with Gasteiger partial charge in [0, 0.05) is 16.9 Å². The van der Waals surface area contributed by atoms with Crippen molar-refractivity contribution in [1.29, 1.82) is 0 Å². The zero-order chi connectivity index (χ0) is 26.7. The van der Waals surface area contributed by atoms with E-state index in [0.717, 1.165) is 40.6 Å². The van der Waals surface area contributed by atoms with Gasteiger partial charge >= 0.3 is 91.9 Å². The number of nitrogens with zero attached hydrogens (tertiary/aromatic N) is 2. The molecule has 6 N–H and O–H groups in total. The Morgan fingerprint density at radius 2 is 1.69 bits per heavy atom. The van der Waals surface area contributed by atoms with Crippen LogP contribution in [0.1, 0.15) is 57.1 Å². The molecule has 0 fully saturated rings. The van der Waals surface area contributed by atoms with Crippen LogP contribution in [0.3, 0.4) is 0 Å². The van der Waals surface area contributed by atoms with Crippen LogP contribution in [0.25, 0.3) is 0 Å². The van der Waals surface area contributed by atoms with Crippen molar-refractivity contribution in [2.24, 2.45) is 0 Å². The first-order valence-electron chi connectivity index (χ1n) is 11.5. The Kier molecular flexibility index (Phi) is 10.8. The average Bonchev–Trinajstić information content (AvgIpc) is 2.85. The predicted octanol–water partition coefficient (Wildman–Crippen LogP) is 4.25. The van der Waals surface area contributed by atoms with E-state index >= 15 is 0 Å². The average molecular weight is 552 g/mol. The number of rotatable bonds is 8. The van der Waals surface area contributed by atoms with Gasteiger partial charge in [-0.25, -0.2) is 9.97 Å². The normalized spacial score (nSPS) is 12.2. The van der Waals surface area contributed by atoms with E-state index in [9.17, 15) is 3.74 Å². The number of nitrogen functional groups attached to an aromatic ring is 1. The topological polar surface area (TPSA) is 133 Å². The Bertz CT molecular complexity index is 1250. The first kappa shape index (κ1) is 28.7. The minimum atomic E-state index is -4.72. The van der Waals surface area contributed by atoms with Crippen LogP contribution in [0.2, 0.25) is 0 Å². The molecule has 0 bridgehead atoms. The maximum absolute atomic E-state index is 11.0. The summed E-state index contributed by atoms with van der Waals surface area (Å²) in [4.78, 5) is 8.68. The molecule has 0 amide bonds. The van der Waals surface area contributed by atoms with Gasteiger partial charge in [0.15, 0.2) is 0 Å². The van der Waals surface area contributed by atoms with Crippen LogP contribution in [0.15, 0.2) is 67.6 Å². The van der Waals surface area contributed by atoms with E-state index in [-0.39, 0.29) is 10.3 Å². The van der Waals surface area contributed by atoms with Gasteiger partial charge in [0.2, 0.25) is 0 Å². The predicted molar refractivity (Wildman–Crippen MR) is 148 cm³/mol. The third-order valence-electron chi connectivity index (χ3n) is 5.49. The van der Waals surface area contributed by atoms with Crippen LogP contribution < -0.4 is 20.7 Å². The quantitative estimate of drug-likeness (QED) is 0.160. The SMILES string of the molecule is C=CNc1ncnc(Nc2ccc(N)cc2)c1C(C)CC.CC#CC(C)c1ccc([As](=O)(O)O)cc1. The second-order valence-corrected chi connectivity index (χ2v) is 11.5. The van der Waals surface area contributed by atoms with E-state index in [1.165, 1.54) is 18.5 Å². The van der Waals surface area contributed by atoms with Crippen molar-refractivity contribution in [1.82, 2.24) is 9.97 Å². The zero-order valence-electron chi connectivity index (χ0n) is 21.1. The van der Waals surface area contributed by atoms with Crippen molar-refractivity contribution in [2.75, 3.05) is 16.4 Å². The summed E-state index contributed by atoms with van der Waals surface area (Å²) in [5.41, 5.74) is 9.41. The Labute approximate surface area is 216 Å². The molecule has 0 aliphatic carbocycles. The molecule has 1 heterocycles. The summed E-state index contributed by atoms with van der Waals surface area (Å²) in [6, 6.07) is 13.9. The van der Waals surface area contributed by atoms with Crippen LogP contribution in [0.5, 0.6) is 0 Å². The maximum atomic E-state index is 11.0. The second kappa shape index (κ2) is 13.6. The van der Waals surface area contributed by atoms with Crippen molar-refractivity contribution in [3.05, 3.63) is 78.8 Å². The van der Waals surface area contributed by atoms with E-state index in [0.29, 0.717) is 5.92 Å². The summed E-state index contributed by atoms with van der Waals surface area (Å²) in [5.74, 6) is 7.79. The molecule has 0 spiro atoms. The van der Waals surface area contributed by atoms with Crippen molar-refractivity contribution in [3.63, 3.8) is 0 Å². The van der Waals surface area contributed by atoms with E-state index in [1.54, 1.807) is 25.3 Å². The summed E-state index contributed by atoms with van der Waals surface area (Å²) in [6.45, 7) is 11.7. The molecule has 1 aromatic heterocycles. The van der Waals surface area contributed by atoms with E-state index in [1.807, 2.05) is 31.2 Å². The van der Waals surface area contributed by atoms with Gasteiger partial charge in [-0.2, -0.15) is 0 Å². The second-order valence-electron chi connectivity index (χ2n) is 8.14. The molecule has 2 atom stereocenters.